The summed E-state index contributed by atoms with van der Waals surface area (Å²) >= 11 is 0. The fourth-order valence-corrected chi connectivity index (χ4v) is 1.14. The van der Waals surface area contributed by atoms with Crippen LogP contribution in [0.3, 0.4) is 0 Å². The van der Waals surface area contributed by atoms with Crippen LogP contribution in [0.2, 0.25) is 0 Å². The topological polar surface area (TPSA) is 79.1 Å². The van der Waals surface area contributed by atoms with Gasteiger partial charge in [0.05, 0.1) is 5.92 Å². The molecule has 1 unspecified atom stereocenters. The number of aromatic nitrogens is 1. The van der Waals surface area contributed by atoms with E-state index in [1.807, 2.05) is 0 Å². The summed E-state index contributed by atoms with van der Waals surface area (Å²) in [4.78, 5) is 13.6. The summed E-state index contributed by atoms with van der Waals surface area (Å²) in [6, 6.07) is 3.54. The van der Waals surface area contributed by atoms with Crippen molar-refractivity contribution in [2.45, 2.75) is 12.3 Å². The Balaban J connectivity index is 2.73. The quantitative estimate of drug-likeness (QED) is 0.613. The van der Waals surface area contributed by atoms with E-state index in [-0.39, 0.29) is 0 Å². The van der Waals surface area contributed by atoms with Crippen molar-refractivity contribution in [1.29, 1.82) is 0 Å². The van der Waals surface area contributed by atoms with Crippen LogP contribution in [0.25, 0.3) is 0 Å². The van der Waals surface area contributed by atoms with Crippen LogP contribution >= 0.6 is 0 Å². The van der Waals surface area contributed by atoms with Crippen molar-refractivity contribution in [3.05, 3.63) is 24.0 Å². The zero-order valence-corrected chi connectivity index (χ0v) is 6.66. The Morgan fingerprint density at radius 3 is 2.92 bits per heavy atom. The van der Waals surface area contributed by atoms with Gasteiger partial charge < -0.3 is 15.8 Å². The molecule has 4 N–H and O–H groups in total. The molecule has 1 heterocycles. The molecule has 0 saturated heterocycles. The third kappa shape index (κ3) is 1.85. The molecule has 1 rings (SSSR count). The largest absolute Gasteiger partial charge is 0.481 e. The average Bonchev–Trinajstić information content (AvgIpc) is 2.51. The minimum absolute atomic E-state index is 0.385. The summed E-state index contributed by atoms with van der Waals surface area (Å²) in [5, 5.41) is 8.80. The molecule has 4 heteroatoms. The summed E-state index contributed by atoms with van der Waals surface area (Å²) in [6.45, 7) is 0.385. The molecule has 0 amide bonds. The van der Waals surface area contributed by atoms with Crippen molar-refractivity contribution in [3.8, 4) is 0 Å². The lowest BCUT2D eigenvalue weighted by Crippen LogP contribution is -2.16. The maximum Gasteiger partial charge on any atom is 0.312 e. The molecule has 12 heavy (non-hydrogen) atoms. The molecular formula is C8H12N2O2. The van der Waals surface area contributed by atoms with Gasteiger partial charge in [0, 0.05) is 11.9 Å². The Hall–Kier alpha value is -1.29. The van der Waals surface area contributed by atoms with E-state index < -0.39 is 11.9 Å². The van der Waals surface area contributed by atoms with Crippen molar-refractivity contribution < 1.29 is 9.90 Å². The normalized spacial score (nSPS) is 12.8. The second kappa shape index (κ2) is 3.92. The van der Waals surface area contributed by atoms with Crippen molar-refractivity contribution in [3.63, 3.8) is 0 Å². The highest BCUT2D eigenvalue weighted by molar-refractivity contribution is 5.75. The third-order valence-electron chi connectivity index (χ3n) is 1.75. The molecule has 1 atom stereocenters. The Kier molecular flexibility index (Phi) is 2.88. The summed E-state index contributed by atoms with van der Waals surface area (Å²) < 4.78 is 0. The lowest BCUT2D eigenvalue weighted by molar-refractivity contribution is -0.139. The molecule has 0 radical (unpaired) electrons. The highest BCUT2D eigenvalue weighted by atomic mass is 16.4. The first kappa shape index (κ1) is 8.80. The van der Waals surface area contributed by atoms with E-state index >= 15 is 0 Å². The minimum Gasteiger partial charge on any atom is -0.481 e. The van der Waals surface area contributed by atoms with Crippen molar-refractivity contribution >= 4 is 5.97 Å². The van der Waals surface area contributed by atoms with Gasteiger partial charge in [-0.25, -0.2) is 0 Å². The molecule has 1 aromatic rings. The Morgan fingerprint density at radius 1 is 1.75 bits per heavy atom. The van der Waals surface area contributed by atoms with Crippen LogP contribution in [0.5, 0.6) is 0 Å². The maximum absolute atomic E-state index is 10.7. The number of carboxylic acids is 1. The molecule has 0 fully saturated rings. The fourth-order valence-electron chi connectivity index (χ4n) is 1.14. The van der Waals surface area contributed by atoms with Crippen molar-refractivity contribution in [2.24, 2.45) is 5.73 Å². The minimum atomic E-state index is -0.831. The van der Waals surface area contributed by atoms with Gasteiger partial charge in [0.15, 0.2) is 0 Å². The first-order valence-corrected chi connectivity index (χ1v) is 3.82. The van der Waals surface area contributed by atoms with E-state index in [0.29, 0.717) is 18.7 Å². The van der Waals surface area contributed by atoms with Crippen molar-refractivity contribution in [2.75, 3.05) is 6.54 Å². The smallest absolute Gasteiger partial charge is 0.312 e. The Labute approximate surface area is 70.4 Å². The third-order valence-corrected chi connectivity index (χ3v) is 1.75. The predicted octanol–water partition coefficient (Wildman–Crippen LogP) is 0.532. The van der Waals surface area contributed by atoms with Gasteiger partial charge in [0.25, 0.3) is 0 Å². The molecule has 0 bridgehead atoms. The van der Waals surface area contributed by atoms with E-state index in [1.54, 1.807) is 18.3 Å². The second-order valence-electron chi connectivity index (χ2n) is 2.59. The van der Waals surface area contributed by atoms with Gasteiger partial charge in [-0.2, -0.15) is 0 Å². The summed E-state index contributed by atoms with van der Waals surface area (Å²) in [5.41, 5.74) is 6.01. The van der Waals surface area contributed by atoms with E-state index in [1.165, 1.54) is 0 Å². The molecule has 1 aromatic heterocycles. The van der Waals surface area contributed by atoms with Crippen LogP contribution in [0, 0.1) is 0 Å². The first-order valence-electron chi connectivity index (χ1n) is 3.82. The van der Waals surface area contributed by atoms with Gasteiger partial charge in [-0.1, -0.05) is 0 Å². The van der Waals surface area contributed by atoms with Crippen molar-refractivity contribution in [1.82, 2.24) is 4.98 Å². The molecule has 4 nitrogen and oxygen atoms in total. The molecule has 66 valence electrons. The van der Waals surface area contributed by atoms with E-state index in [4.69, 9.17) is 10.8 Å². The van der Waals surface area contributed by atoms with Crippen LogP contribution < -0.4 is 5.73 Å². The summed E-state index contributed by atoms with van der Waals surface area (Å²) in [7, 11) is 0. The maximum atomic E-state index is 10.7. The zero-order valence-electron chi connectivity index (χ0n) is 6.66. The van der Waals surface area contributed by atoms with Gasteiger partial charge in [-0.15, -0.1) is 0 Å². The number of nitrogens with two attached hydrogens (primary N) is 1. The Morgan fingerprint density at radius 2 is 2.50 bits per heavy atom. The average molecular weight is 168 g/mol. The summed E-state index contributed by atoms with van der Waals surface area (Å²) in [6.07, 6.45) is 2.18. The number of hydrogen-bond acceptors (Lipinski definition) is 2. The van der Waals surface area contributed by atoms with Crippen LogP contribution in [-0.2, 0) is 4.79 Å². The zero-order chi connectivity index (χ0) is 8.97. The number of nitrogens with one attached hydrogen (secondary N) is 1. The molecule has 0 spiro atoms. The highest BCUT2D eigenvalue weighted by Gasteiger charge is 2.18. The lowest BCUT2D eigenvalue weighted by atomic mass is 10.0. The highest BCUT2D eigenvalue weighted by Crippen LogP contribution is 2.16. The molecule has 0 aromatic carbocycles. The summed E-state index contributed by atoms with van der Waals surface area (Å²) in [5.74, 6) is -1.33. The van der Waals surface area contributed by atoms with E-state index in [0.717, 1.165) is 0 Å². The predicted molar refractivity (Wildman–Crippen MR) is 44.8 cm³/mol. The number of carbonyl (C=O) groups is 1. The molecule has 0 aliphatic rings. The van der Waals surface area contributed by atoms with Crippen LogP contribution in [-0.4, -0.2) is 22.6 Å². The molecule has 0 aliphatic carbocycles. The van der Waals surface area contributed by atoms with E-state index in [9.17, 15) is 4.79 Å². The Bertz CT molecular complexity index is 244. The van der Waals surface area contributed by atoms with Crippen LogP contribution in [0.15, 0.2) is 18.3 Å². The number of H-pyrrole nitrogens is 1. The molecule has 0 saturated carbocycles. The number of hydrogen-bond donors (Lipinski definition) is 3. The standard InChI is InChI=1S/C8H12N2O2/c9-4-3-6(8(11)12)7-2-1-5-10-7/h1-2,5-6,10H,3-4,9H2,(H,11,12). The van der Waals surface area contributed by atoms with Crippen LogP contribution in [0.1, 0.15) is 18.0 Å². The van der Waals surface area contributed by atoms with E-state index in [2.05, 4.69) is 4.98 Å². The number of aromatic amines is 1. The number of rotatable bonds is 4. The van der Waals surface area contributed by atoms with Gasteiger partial charge >= 0.3 is 5.97 Å². The van der Waals surface area contributed by atoms with Gasteiger partial charge in [0.2, 0.25) is 0 Å². The SMILES string of the molecule is NCCC(C(=O)O)c1ccc[nH]1. The van der Waals surface area contributed by atoms with Crippen LogP contribution in [0.4, 0.5) is 0 Å². The lowest BCUT2D eigenvalue weighted by Gasteiger charge is -2.07. The second-order valence-corrected chi connectivity index (χ2v) is 2.59. The van der Waals surface area contributed by atoms with Gasteiger partial charge in [-0.3, -0.25) is 4.79 Å². The monoisotopic (exact) mass is 168 g/mol. The number of carboxylic acid groups (broad SMARTS) is 1. The molecular weight excluding hydrogens is 156 g/mol. The number of aliphatic carboxylic acids is 1. The molecule has 0 aliphatic heterocycles. The van der Waals surface area contributed by atoms with Gasteiger partial charge in [-0.05, 0) is 25.1 Å². The first-order chi connectivity index (χ1) is 5.75. The fraction of sp³-hybridized carbons (Fsp3) is 0.375. The van der Waals surface area contributed by atoms with Gasteiger partial charge in [0.1, 0.15) is 0 Å².